The Bertz CT molecular complexity index is 1740. The SMILES string of the molecule is C[C@@H]1NC(=O)[C@@H](N(C)C(=O)[C@H](CCN)NC(=O)CCCC2CCCCC2)c2ccc(OCCN)c(c2)-c2cc(ccc2OCCN)C[C@@H](C(=O)NCC#N)NC1=O. The minimum absolute atomic E-state index is 0.0290. The molecule has 4 bridgehead atoms. The summed E-state index contributed by atoms with van der Waals surface area (Å²) in [5, 5.41) is 19.9. The Kier molecular flexibility index (Phi) is 17.5. The van der Waals surface area contributed by atoms with Gasteiger partial charge in [-0.3, -0.25) is 24.0 Å². The summed E-state index contributed by atoms with van der Waals surface area (Å²) in [5.74, 6) is -1.33. The molecule has 0 spiro atoms. The molecule has 0 radical (unpaired) electrons. The topological polar surface area (TPSA) is 257 Å². The molecule has 2 aromatic rings. The molecular weight excluding hydrogens is 731 g/mol. The van der Waals surface area contributed by atoms with Crippen LogP contribution in [0.25, 0.3) is 11.1 Å². The normalized spacial score (nSPS) is 19.1. The Labute approximate surface area is 334 Å². The first-order valence-corrected chi connectivity index (χ1v) is 20.0. The van der Waals surface area contributed by atoms with Crippen LogP contribution in [0, 0.1) is 17.2 Å². The van der Waals surface area contributed by atoms with E-state index >= 15 is 0 Å². The molecule has 0 aromatic heterocycles. The summed E-state index contributed by atoms with van der Waals surface area (Å²) < 4.78 is 12.1. The third-order valence-corrected chi connectivity index (χ3v) is 10.4. The van der Waals surface area contributed by atoms with Crippen molar-refractivity contribution >= 4 is 29.5 Å². The molecule has 310 valence electrons. The van der Waals surface area contributed by atoms with Crippen molar-refractivity contribution in [2.45, 2.75) is 95.3 Å². The van der Waals surface area contributed by atoms with Crippen LogP contribution in [-0.4, -0.2) is 99.0 Å². The maximum absolute atomic E-state index is 14.4. The number of benzene rings is 2. The molecule has 1 saturated carbocycles. The van der Waals surface area contributed by atoms with E-state index in [0.717, 1.165) is 6.42 Å². The summed E-state index contributed by atoms with van der Waals surface area (Å²) in [7, 11) is 1.46. The predicted molar refractivity (Wildman–Crippen MR) is 214 cm³/mol. The molecule has 2 aromatic carbocycles. The molecule has 0 saturated heterocycles. The van der Waals surface area contributed by atoms with Crippen LogP contribution in [-0.2, 0) is 30.4 Å². The van der Waals surface area contributed by atoms with Crippen LogP contribution in [0.1, 0.15) is 81.9 Å². The first-order chi connectivity index (χ1) is 27.5. The smallest absolute Gasteiger partial charge is 0.248 e. The molecule has 16 nitrogen and oxygen atoms in total. The molecule has 5 amide bonds. The third kappa shape index (κ3) is 12.6. The summed E-state index contributed by atoms with van der Waals surface area (Å²) in [6.07, 6.45) is 8.14. The van der Waals surface area contributed by atoms with Crippen LogP contribution in [0.5, 0.6) is 11.5 Å². The Hall–Kier alpha value is -5.24. The van der Waals surface area contributed by atoms with Crippen molar-refractivity contribution < 1.29 is 33.4 Å². The molecule has 1 fully saturated rings. The number of fused-ring (bicyclic) bond motifs is 5. The molecule has 0 unspecified atom stereocenters. The predicted octanol–water partition coefficient (Wildman–Crippen LogP) is 1.30. The fraction of sp³-hybridized carbons (Fsp3) is 0.561. The standard InChI is InChI=1S/C41H59N9O7/c1-26-38(52)49-33(39(53)46-20-17-43)24-28-11-13-34(56-21-18-44)30(23-28)31-25-29(12-14-35(31)57-22-19-45)37(40(54)47-26)50(2)41(55)32(15-16-42)48-36(51)10-6-9-27-7-4-3-5-8-27/h11-14,23,25-27,32-33,37H,3-10,15-16,18-22,24,42,44-45H2,1-2H3,(H,46,53)(H,47,54)(H,48,51)(H,49,52)/t26-,32-,33-,37-/m0/s1. The van der Waals surface area contributed by atoms with Gasteiger partial charge in [0.05, 0.1) is 6.07 Å². The van der Waals surface area contributed by atoms with E-state index in [2.05, 4.69) is 21.3 Å². The molecular formula is C41H59N9O7. The van der Waals surface area contributed by atoms with Crippen molar-refractivity contribution in [2.75, 3.05) is 46.4 Å². The van der Waals surface area contributed by atoms with Gasteiger partial charge in [-0.1, -0.05) is 44.2 Å². The van der Waals surface area contributed by atoms with Gasteiger partial charge in [0, 0.05) is 44.1 Å². The van der Waals surface area contributed by atoms with Crippen molar-refractivity contribution in [3.63, 3.8) is 0 Å². The molecule has 57 heavy (non-hydrogen) atoms. The second-order valence-corrected chi connectivity index (χ2v) is 14.7. The van der Waals surface area contributed by atoms with E-state index in [1.807, 2.05) is 6.07 Å². The van der Waals surface area contributed by atoms with Crippen molar-refractivity contribution in [2.24, 2.45) is 23.1 Å². The number of carbonyl (C=O) groups is 5. The van der Waals surface area contributed by atoms with Gasteiger partial charge in [0.15, 0.2) is 0 Å². The van der Waals surface area contributed by atoms with Crippen molar-refractivity contribution in [1.29, 1.82) is 5.26 Å². The van der Waals surface area contributed by atoms with Gasteiger partial charge in [0.2, 0.25) is 29.5 Å². The highest BCUT2D eigenvalue weighted by molar-refractivity contribution is 5.96. The van der Waals surface area contributed by atoms with E-state index in [0.29, 0.717) is 46.1 Å². The lowest BCUT2D eigenvalue weighted by Crippen LogP contribution is -2.56. The van der Waals surface area contributed by atoms with E-state index in [-0.39, 0.29) is 64.6 Å². The zero-order valence-corrected chi connectivity index (χ0v) is 33.1. The van der Waals surface area contributed by atoms with Crippen molar-refractivity contribution in [1.82, 2.24) is 26.2 Å². The lowest BCUT2D eigenvalue weighted by molar-refractivity contribution is -0.143. The molecule has 4 atom stereocenters. The van der Waals surface area contributed by atoms with Gasteiger partial charge in [-0.2, -0.15) is 5.26 Å². The van der Waals surface area contributed by atoms with Gasteiger partial charge in [-0.15, -0.1) is 0 Å². The lowest BCUT2D eigenvalue weighted by Gasteiger charge is -2.32. The second-order valence-electron chi connectivity index (χ2n) is 14.7. The van der Waals surface area contributed by atoms with E-state index < -0.39 is 47.8 Å². The number of likely N-dealkylation sites (N-methyl/N-ethyl adjacent to an activating group) is 1. The fourth-order valence-electron chi connectivity index (χ4n) is 7.42. The van der Waals surface area contributed by atoms with Crippen LogP contribution in [0.2, 0.25) is 0 Å². The maximum Gasteiger partial charge on any atom is 0.248 e. The monoisotopic (exact) mass is 789 g/mol. The lowest BCUT2D eigenvalue weighted by atomic mass is 9.86. The number of carbonyl (C=O) groups excluding carboxylic acids is 5. The molecule has 2 aliphatic rings. The highest BCUT2D eigenvalue weighted by atomic mass is 16.5. The third-order valence-electron chi connectivity index (χ3n) is 10.4. The molecule has 1 heterocycles. The number of ether oxygens (including phenoxy) is 2. The van der Waals surface area contributed by atoms with Crippen LogP contribution in [0.4, 0.5) is 0 Å². The molecule has 16 heteroatoms. The van der Waals surface area contributed by atoms with Gasteiger partial charge in [-0.25, -0.2) is 0 Å². The Morgan fingerprint density at radius 1 is 0.930 bits per heavy atom. The number of nitriles is 1. The molecule has 10 N–H and O–H groups in total. The first kappa shape index (κ1) is 44.5. The average molecular weight is 790 g/mol. The van der Waals surface area contributed by atoms with Crippen LogP contribution >= 0.6 is 0 Å². The van der Waals surface area contributed by atoms with Gasteiger partial charge < -0.3 is 52.8 Å². The minimum atomic E-state index is -1.31. The number of rotatable bonds is 17. The first-order valence-electron chi connectivity index (χ1n) is 20.0. The summed E-state index contributed by atoms with van der Waals surface area (Å²) in [6, 6.07) is 7.55. The summed E-state index contributed by atoms with van der Waals surface area (Å²) in [5.41, 5.74) is 19.6. The maximum atomic E-state index is 14.4. The van der Waals surface area contributed by atoms with Crippen molar-refractivity contribution in [3.8, 4) is 28.7 Å². The van der Waals surface area contributed by atoms with Crippen LogP contribution < -0.4 is 47.9 Å². The number of nitrogens with two attached hydrogens (primary N) is 3. The fourth-order valence-corrected chi connectivity index (χ4v) is 7.42. The minimum Gasteiger partial charge on any atom is -0.492 e. The van der Waals surface area contributed by atoms with E-state index in [1.165, 1.54) is 51.0 Å². The summed E-state index contributed by atoms with van der Waals surface area (Å²) >= 11 is 0. The second kappa shape index (κ2) is 22.5. The largest absolute Gasteiger partial charge is 0.492 e. The van der Waals surface area contributed by atoms with Crippen LogP contribution in [0.15, 0.2) is 36.4 Å². The highest BCUT2D eigenvalue weighted by Crippen LogP contribution is 2.40. The van der Waals surface area contributed by atoms with E-state index in [4.69, 9.17) is 31.9 Å². The van der Waals surface area contributed by atoms with Crippen molar-refractivity contribution in [3.05, 3.63) is 47.5 Å². The molecule has 1 aliphatic heterocycles. The zero-order chi connectivity index (χ0) is 41.3. The number of amides is 5. The summed E-state index contributed by atoms with van der Waals surface area (Å²) in [6.45, 7) is 2.06. The Morgan fingerprint density at radius 2 is 1.60 bits per heavy atom. The Morgan fingerprint density at radius 3 is 2.25 bits per heavy atom. The quantitative estimate of drug-likeness (QED) is 0.112. The van der Waals surface area contributed by atoms with E-state index in [1.54, 1.807) is 36.4 Å². The molecule has 4 rings (SSSR count). The van der Waals surface area contributed by atoms with E-state index in [9.17, 15) is 24.0 Å². The van der Waals surface area contributed by atoms with Gasteiger partial charge in [0.1, 0.15) is 55.4 Å². The van der Waals surface area contributed by atoms with Crippen LogP contribution in [0.3, 0.4) is 0 Å². The summed E-state index contributed by atoms with van der Waals surface area (Å²) in [4.78, 5) is 70.0. The highest BCUT2D eigenvalue weighted by Gasteiger charge is 2.36. The van der Waals surface area contributed by atoms with Gasteiger partial charge in [0.25, 0.3) is 0 Å². The van der Waals surface area contributed by atoms with Gasteiger partial charge >= 0.3 is 0 Å². The number of nitrogens with zero attached hydrogens (tertiary/aromatic N) is 2. The number of hydrogen-bond donors (Lipinski definition) is 7. The number of hydrogen-bond acceptors (Lipinski definition) is 11. The van der Waals surface area contributed by atoms with Gasteiger partial charge in [-0.05, 0) is 74.0 Å². The zero-order valence-electron chi connectivity index (χ0n) is 33.1. The average Bonchev–Trinajstić information content (AvgIpc) is 3.21. The molecule has 1 aliphatic carbocycles. The Balaban J connectivity index is 1.77. The number of nitrogens with one attached hydrogen (secondary N) is 4.